The van der Waals surface area contributed by atoms with Crippen LogP contribution in [0.2, 0.25) is 0 Å². The van der Waals surface area contributed by atoms with Crippen LogP contribution in [-0.2, 0) is 26.2 Å². The van der Waals surface area contributed by atoms with Crippen molar-refractivity contribution >= 4 is 43.5 Å². The summed E-state index contributed by atoms with van der Waals surface area (Å²) in [5, 5.41) is 2.84. The number of methoxy groups -OCH3 is 1. The third kappa shape index (κ3) is 8.29. The number of carbonyl (C=O) groups is 2. The molecule has 1 atom stereocenters. The topological polar surface area (TPSA) is 96.0 Å². The second-order valence-corrected chi connectivity index (χ2v) is 12.3. The molecular formula is C30H35BrFN3O5S. The van der Waals surface area contributed by atoms with Crippen molar-refractivity contribution in [1.29, 1.82) is 0 Å². The molecule has 3 rings (SSSR count). The molecule has 0 aliphatic rings. The maximum Gasteiger partial charge on any atom is 0.264 e. The zero-order valence-corrected chi connectivity index (χ0v) is 26.0. The van der Waals surface area contributed by atoms with E-state index in [-0.39, 0.29) is 23.0 Å². The Bertz CT molecular complexity index is 1450. The normalized spacial score (nSPS) is 12.0. The second kappa shape index (κ2) is 14.5. The van der Waals surface area contributed by atoms with E-state index in [1.54, 1.807) is 31.2 Å². The summed E-state index contributed by atoms with van der Waals surface area (Å²) in [6.07, 6.45) is 1.67. The minimum Gasteiger partial charge on any atom is -0.496 e. The van der Waals surface area contributed by atoms with Gasteiger partial charge in [0.1, 0.15) is 24.2 Å². The highest BCUT2D eigenvalue weighted by Crippen LogP contribution is 2.31. The van der Waals surface area contributed by atoms with Crippen LogP contribution in [0.5, 0.6) is 5.75 Å². The van der Waals surface area contributed by atoms with Crippen LogP contribution in [0.25, 0.3) is 0 Å². The Labute approximate surface area is 249 Å². The molecule has 1 N–H and O–H groups in total. The molecule has 11 heteroatoms. The Balaban J connectivity index is 2.01. The SMILES string of the molecule is CCCCNC(=O)[C@H](C)N(Cc1ccc(F)cc1)C(=O)CN(c1ccc(C)cc1)S(=O)(=O)c1ccc(OC)c(Br)c1. The molecule has 0 saturated heterocycles. The van der Waals surface area contributed by atoms with Crippen molar-refractivity contribution in [3.8, 4) is 5.75 Å². The molecule has 0 aromatic heterocycles. The summed E-state index contributed by atoms with van der Waals surface area (Å²) in [6.45, 7) is 5.33. The Hall–Kier alpha value is -3.44. The number of unbranched alkanes of at least 4 members (excludes halogenated alkanes) is 1. The van der Waals surface area contributed by atoms with Crippen LogP contribution in [-0.4, -0.2) is 51.4 Å². The quantitative estimate of drug-likeness (QED) is 0.250. The summed E-state index contributed by atoms with van der Waals surface area (Å²) in [4.78, 5) is 28.2. The molecule has 41 heavy (non-hydrogen) atoms. The van der Waals surface area contributed by atoms with Gasteiger partial charge in [0.15, 0.2) is 0 Å². The van der Waals surface area contributed by atoms with E-state index in [4.69, 9.17) is 4.74 Å². The Morgan fingerprint density at radius 1 is 1.05 bits per heavy atom. The zero-order chi connectivity index (χ0) is 30.2. The van der Waals surface area contributed by atoms with Gasteiger partial charge in [-0.3, -0.25) is 13.9 Å². The molecule has 0 aliphatic carbocycles. The molecule has 2 amide bonds. The molecular weight excluding hydrogens is 613 g/mol. The van der Waals surface area contributed by atoms with Gasteiger partial charge in [0.05, 0.1) is 22.2 Å². The minimum atomic E-state index is -4.23. The van der Waals surface area contributed by atoms with Crippen LogP contribution >= 0.6 is 15.9 Å². The number of hydrogen-bond donors (Lipinski definition) is 1. The zero-order valence-electron chi connectivity index (χ0n) is 23.6. The van der Waals surface area contributed by atoms with Gasteiger partial charge in [0.25, 0.3) is 10.0 Å². The third-order valence-electron chi connectivity index (χ3n) is 6.58. The highest BCUT2D eigenvalue weighted by Gasteiger charge is 2.32. The molecule has 0 saturated carbocycles. The predicted molar refractivity (Wildman–Crippen MR) is 161 cm³/mol. The number of halogens is 2. The Kier molecular flexibility index (Phi) is 11.3. The fraction of sp³-hybridized carbons (Fsp3) is 0.333. The van der Waals surface area contributed by atoms with Crippen LogP contribution in [0.4, 0.5) is 10.1 Å². The summed E-state index contributed by atoms with van der Waals surface area (Å²) >= 11 is 3.34. The van der Waals surface area contributed by atoms with Gasteiger partial charge in [0, 0.05) is 13.1 Å². The van der Waals surface area contributed by atoms with Crippen molar-refractivity contribution in [2.45, 2.75) is 51.1 Å². The van der Waals surface area contributed by atoms with E-state index < -0.39 is 34.3 Å². The van der Waals surface area contributed by atoms with E-state index in [9.17, 15) is 22.4 Å². The van der Waals surface area contributed by atoms with Gasteiger partial charge in [-0.2, -0.15) is 0 Å². The molecule has 0 aliphatic heterocycles. The van der Waals surface area contributed by atoms with Gasteiger partial charge in [-0.1, -0.05) is 43.2 Å². The van der Waals surface area contributed by atoms with Crippen molar-refractivity contribution in [3.05, 3.63) is 88.1 Å². The van der Waals surface area contributed by atoms with E-state index in [2.05, 4.69) is 21.2 Å². The van der Waals surface area contributed by atoms with Crippen molar-refractivity contribution in [3.63, 3.8) is 0 Å². The van der Waals surface area contributed by atoms with Crippen LogP contribution < -0.4 is 14.4 Å². The maximum atomic E-state index is 14.0. The summed E-state index contributed by atoms with van der Waals surface area (Å²) < 4.78 is 48.2. The molecule has 0 bridgehead atoms. The van der Waals surface area contributed by atoms with Crippen LogP contribution in [0.3, 0.4) is 0 Å². The van der Waals surface area contributed by atoms with E-state index in [1.165, 1.54) is 54.5 Å². The number of amides is 2. The number of nitrogens with zero attached hydrogens (tertiary/aromatic N) is 2. The Morgan fingerprint density at radius 3 is 2.29 bits per heavy atom. The molecule has 0 radical (unpaired) electrons. The van der Waals surface area contributed by atoms with Crippen molar-refractivity contribution < 1.29 is 27.1 Å². The first-order valence-corrected chi connectivity index (χ1v) is 15.5. The predicted octanol–water partition coefficient (Wildman–Crippen LogP) is 5.43. The number of ether oxygens (including phenoxy) is 1. The second-order valence-electron chi connectivity index (χ2n) is 9.61. The number of benzene rings is 3. The van der Waals surface area contributed by atoms with E-state index in [1.807, 2.05) is 13.8 Å². The van der Waals surface area contributed by atoms with Gasteiger partial charge in [-0.15, -0.1) is 0 Å². The van der Waals surface area contributed by atoms with Gasteiger partial charge >= 0.3 is 0 Å². The number of carbonyl (C=O) groups excluding carboxylic acids is 2. The fourth-order valence-corrected chi connectivity index (χ4v) is 6.21. The van der Waals surface area contributed by atoms with Gasteiger partial charge in [0.2, 0.25) is 11.8 Å². The number of aryl methyl sites for hydroxylation is 1. The molecule has 0 heterocycles. The van der Waals surface area contributed by atoms with E-state index >= 15 is 0 Å². The van der Waals surface area contributed by atoms with Crippen LogP contribution in [0.15, 0.2) is 76.1 Å². The van der Waals surface area contributed by atoms with E-state index in [0.29, 0.717) is 22.3 Å². The maximum absolute atomic E-state index is 14.0. The third-order valence-corrected chi connectivity index (χ3v) is 8.96. The fourth-order valence-electron chi connectivity index (χ4n) is 4.08. The molecule has 3 aromatic carbocycles. The molecule has 220 valence electrons. The summed E-state index contributed by atoms with van der Waals surface area (Å²) in [5.41, 5.74) is 1.80. The van der Waals surface area contributed by atoms with Gasteiger partial charge in [-0.25, -0.2) is 12.8 Å². The Morgan fingerprint density at radius 2 is 1.71 bits per heavy atom. The number of nitrogens with one attached hydrogen (secondary N) is 1. The van der Waals surface area contributed by atoms with Gasteiger partial charge in [-0.05, 0) is 84.2 Å². The largest absolute Gasteiger partial charge is 0.496 e. The van der Waals surface area contributed by atoms with Gasteiger partial charge < -0.3 is 15.0 Å². The minimum absolute atomic E-state index is 0.0165. The summed E-state index contributed by atoms with van der Waals surface area (Å²) in [6, 6.07) is 15.8. The summed E-state index contributed by atoms with van der Waals surface area (Å²) in [5.74, 6) is -0.934. The van der Waals surface area contributed by atoms with E-state index in [0.717, 1.165) is 22.7 Å². The molecule has 0 fully saturated rings. The lowest BCUT2D eigenvalue weighted by atomic mass is 10.1. The van der Waals surface area contributed by atoms with Crippen LogP contribution in [0, 0.1) is 12.7 Å². The first-order chi connectivity index (χ1) is 19.5. The number of anilines is 1. The smallest absolute Gasteiger partial charge is 0.264 e. The number of hydrogen-bond acceptors (Lipinski definition) is 5. The monoisotopic (exact) mass is 647 g/mol. The van der Waals surface area contributed by atoms with Crippen molar-refractivity contribution in [2.24, 2.45) is 0 Å². The highest BCUT2D eigenvalue weighted by molar-refractivity contribution is 9.10. The van der Waals surface area contributed by atoms with Crippen molar-refractivity contribution in [2.75, 3.05) is 24.5 Å². The first-order valence-electron chi connectivity index (χ1n) is 13.2. The molecule has 0 spiro atoms. The first kappa shape index (κ1) is 32.1. The average Bonchev–Trinajstić information content (AvgIpc) is 2.95. The highest BCUT2D eigenvalue weighted by atomic mass is 79.9. The summed E-state index contributed by atoms with van der Waals surface area (Å²) in [7, 11) is -2.76. The lowest BCUT2D eigenvalue weighted by molar-refractivity contribution is -0.139. The number of rotatable bonds is 13. The van der Waals surface area contributed by atoms with Crippen molar-refractivity contribution in [1.82, 2.24) is 10.2 Å². The van der Waals surface area contributed by atoms with Crippen LogP contribution in [0.1, 0.15) is 37.8 Å². The molecule has 0 unspecified atom stereocenters. The number of sulfonamides is 1. The lowest BCUT2D eigenvalue weighted by Gasteiger charge is -2.32. The molecule has 8 nitrogen and oxygen atoms in total. The molecule has 3 aromatic rings. The average molecular weight is 649 g/mol. The lowest BCUT2D eigenvalue weighted by Crippen LogP contribution is -2.51. The standard InChI is InChI=1S/C30H35BrFN3O5S/c1-5-6-17-33-30(37)22(3)34(19-23-9-11-24(32)12-10-23)29(36)20-35(25-13-7-21(2)8-14-25)41(38,39)26-15-16-28(40-4)27(31)18-26/h7-16,18,22H,5-6,17,19-20H2,1-4H3,(H,33,37)/t22-/m0/s1.